The third-order valence-electron chi connectivity index (χ3n) is 5.63. The smallest absolute Gasteiger partial charge is 0.160 e. The van der Waals surface area contributed by atoms with Gasteiger partial charge in [0.15, 0.2) is 6.29 Å². The maximum Gasteiger partial charge on any atom is 0.160 e. The SMILES string of the molecule is COc1cccc(C(C)N2C(N)N(CCOCCN)c3c(C(C)C)cnn3C2N)c1. The average Bonchev–Trinajstić information content (AvgIpc) is 3.19. The van der Waals surface area contributed by atoms with Crippen molar-refractivity contribution in [2.24, 2.45) is 17.2 Å². The van der Waals surface area contributed by atoms with Gasteiger partial charge in [-0.2, -0.15) is 5.10 Å². The summed E-state index contributed by atoms with van der Waals surface area (Å²) in [6.45, 7) is 8.51. The molecule has 1 aromatic heterocycles. The second-order valence-corrected chi connectivity index (χ2v) is 7.84. The van der Waals surface area contributed by atoms with Crippen molar-refractivity contribution in [1.82, 2.24) is 14.7 Å². The highest BCUT2D eigenvalue weighted by molar-refractivity contribution is 5.51. The number of fused-ring (bicyclic) bond motifs is 1. The van der Waals surface area contributed by atoms with Gasteiger partial charge in [-0.25, -0.2) is 9.58 Å². The molecule has 2 heterocycles. The molecule has 0 spiro atoms. The number of nitrogens with two attached hydrogens (primary N) is 3. The van der Waals surface area contributed by atoms with Crippen molar-refractivity contribution in [3.05, 3.63) is 41.6 Å². The van der Waals surface area contributed by atoms with Gasteiger partial charge in [0.05, 0.1) is 26.5 Å². The highest BCUT2D eigenvalue weighted by atomic mass is 16.5. The number of hydrogen-bond acceptors (Lipinski definition) is 8. The molecule has 3 unspecified atom stereocenters. The second kappa shape index (κ2) is 9.76. The molecule has 166 valence electrons. The van der Waals surface area contributed by atoms with Gasteiger partial charge in [-0.15, -0.1) is 0 Å². The number of ether oxygens (including phenoxy) is 2. The van der Waals surface area contributed by atoms with Crippen LogP contribution in [0.4, 0.5) is 5.82 Å². The summed E-state index contributed by atoms with van der Waals surface area (Å²) in [5.74, 6) is 2.05. The first-order valence-electron chi connectivity index (χ1n) is 10.4. The molecule has 0 aliphatic carbocycles. The molecule has 3 atom stereocenters. The molecule has 30 heavy (non-hydrogen) atoms. The number of nitrogens with zero attached hydrogens (tertiary/aromatic N) is 4. The van der Waals surface area contributed by atoms with E-state index in [1.165, 1.54) is 0 Å². The third kappa shape index (κ3) is 4.30. The first-order valence-corrected chi connectivity index (χ1v) is 10.4. The van der Waals surface area contributed by atoms with Crippen molar-refractivity contribution in [3.8, 4) is 5.75 Å². The van der Waals surface area contributed by atoms with Crippen LogP contribution >= 0.6 is 0 Å². The molecule has 1 aliphatic rings. The highest BCUT2D eigenvalue weighted by Gasteiger charge is 2.40. The normalized spacial score (nSPS) is 20.5. The van der Waals surface area contributed by atoms with Crippen molar-refractivity contribution < 1.29 is 9.47 Å². The zero-order valence-electron chi connectivity index (χ0n) is 18.4. The number of rotatable bonds is 9. The van der Waals surface area contributed by atoms with Gasteiger partial charge in [0.25, 0.3) is 0 Å². The van der Waals surface area contributed by atoms with E-state index in [1.807, 2.05) is 29.1 Å². The Kier molecular flexibility index (Phi) is 7.32. The van der Waals surface area contributed by atoms with Crippen molar-refractivity contribution in [2.75, 3.05) is 38.3 Å². The molecular formula is C21H35N7O2. The van der Waals surface area contributed by atoms with E-state index < -0.39 is 12.6 Å². The lowest BCUT2D eigenvalue weighted by atomic mass is 10.0. The quantitative estimate of drug-likeness (QED) is 0.525. The standard InChI is InChI=1S/C21H35N7O2/c1-14(2)18-13-25-28-19(18)26(9-11-30-10-8-22)20(23)27(21(28)24)15(3)16-6-5-7-17(12-16)29-4/h5-7,12-15,20-21H,8-11,22-24H2,1-4H3. The van der Waals surface area contributed by atoms with Crippen LogP contribution in [0.2, 0.25) is 0 Å². The molecule has 0 radical (unpaired) electrons. The molecule has 0 saturated carbocycles. The summed E-state index contributed by atoms with van der Waals surface area (Å²) in [7, 11) is 1.66. The van der Waals surface area contributed by atoms with Gasteiger partial charge in [0.2, 0.25) is 0 Å². The van der Waals surface area contributed by atoms with E-state index in [-0.39, 0.29) is 6.04 Å². The number of anilines is 1. The molecule has 9 heteroatoms. The summed E-state index contributed by atoms with van der Waals surface area (Å²) in [5, 5.41) is 4.62. The first-order chi connectivity index (χ1) is 14.4. The number of methoxy groups -OCH3 is 1. The Labute approximate surface area is 178 Å². The van der Waals surface area contributed by atoms with Crippen LogP contribution in [-0.4, -0.2) is 54.4 Å². The van der Waals surface area contributed by atoms with Gasteiger partial charge in [-0.1, -0.05) is 26.0 Å². The average molecular weight is 418 g/mol. The van der Waals surface area contributed by atoms with Gasteiger partial charge in [0, 0.05) is 24.7 Å². The van der Waals surface area contributed by atoms with Crippen LogP contribution in [-0.2, 0) is 4.74 Å². The van der Waals surface area contributed by atoms with Crippen LogP contribution in [0.25, 0.3) is 0 Å². The molecular weight excluding hydrogens is 382 g/mol. The Bertz CT molecular complexity index is 825. The minimum atomic E-state index is -0.495. The van der Waals surface area contributed by atoms with Crippen molar-refractivity contribution in [1.29, 1.82) is 0 Å². The molecule has 1 aromatic carbocycles. The Morgan fingerprint density at radius 3 is 2.57 bits per heavy atom. The minimum absolute atomic E-state index is 0.0580. The lowest BCUT2D eigenvalue weighted by molar-refractivity contribution is 0.0192. The summed E-state index contributed by atoms with van der Waals surface area (Å²) in [5.41, 5.74) is 21.2. The maximum atomic E-state index is 6.80. The summed E-state index contributed by atoms with van der Waals surface area (Å²) in [6, 6.07) is 7.90. The predicted molar refractivity (Wildman–Crippen MR) is 118 cm³/mol. The molecule has 2 aromatic rings. The predicted octanol–water partition coefficient (Wildman–Crippen LogP) is 1.53. The third-order valence-corrected chi connectivity index (χ3v) is 5.63. The second-order valence-electron chi connectivity index (χ2n) is 7.84. The summed E-state index contributed by atoms with van der Waals surface area (Å²) >= 11 is 0. The van der Waals surface area contributed by atoms with E-state index in [9.17, 15) is 0 Å². The van der Waals surface area contributed by atoms with E-state index in [0.717, 1.165) is 22.7 Å². The molecule has 0 fully saturated rings. The number of benzene rings is 1. The fourth-order valence-corrected chi connectivity index (χ4v) is 3.95. The topological polar surface area (TPSA) is 121 Å². The summed E-state index contributed by atoms with van der Waals surface area (Å²) < 4.78 is 12.9. The first kappa shape index (κ1) is 22.5. The monoisotopic (exact) mass is 417 g/mol. The van der Waals surface area contributed by atoms with Crippen LogP contribution in [0.15, 0.2) is 30.5 Å². The van der Waals surface area contributed by atoms with Gasteiger partial charge >= 0.3 is 0 Å². The fraction of sp³-hybridized carbons (Fsp3) is 0.571. The molecule has 0 amide bonds. The molecule has 6 N–H and O–H groups in total. The largest absolute Gasteiger partial charge is 0.497 e. The van der Waals surface area contributed by atoms with Crippen molar-refractivity contribution in [2.45, 2.75) is 45.3 Å². The summed E-state index contributed by atoms with van der Waals surface area (Å²) in [6.07, 6.45) is 0.953. The van der Waals surface area contributed by atoms with Crippen molar-refractivity contribution in [3.63, 3.8) is 0 Å². The van der Waals surface area contributed by atoms with Crippen LogP contribution < -0.4 is 26.8 Å². The van der Waals surface area contributed by atoms with Crippen LogP contribution in [0, 0.1) is 0 Å². The Morgan fingerprint density at radius 2 is 1.90 bits per heavy atom. The number of hydrogen-bond donors (Lipinski definition) is 3. The van der Waals surface area contributed by atoms with E-state index in [0.29, 0.717) is 32.2 Å². The van der Waals surface area contributed by atoms with E-state index in [4.69, 9.17) is 26.7 Å². The van der Waals surface area contributed by atoms with Crippen LogP contribution in [0.1, 0.15) is 50.1 Å². The summed E-state index contributed by atoms with van der Waals surface area (Å²) in [4.78, 5) is 4.18. The lowest BCUT2D eigenvalue weighted by Gasteiger charge is -2.49. The zero-order valence-corrected chi connectivity index (χ0v) is 18.4. The minimum Gasteiger partial charge on any atom is -0.497 e. The van der Waals surface area contributed by atoms with Crippen LogP contribution in [0.5, 0.6) is 5.75 Å². The molecule has 3 rings (SSSR count). The van der Waals surface area contributed by atoms with Crippen LogP contribution in [0.3, 0.4) is 0 Å². The maximum absolute atomic E-state index is 6.80. The number of aromatic nitrogens is 2. The molecule has 0 saturated heterocycles. The van der Waals surface area contributed by atoms with Gasteiger partial charge < -0.3 is 20.1 Å². The van der Waals surface area contributed by atoms with Gasteiger partial charge in [-0.3, -0.25) is 11.5 Å². The Hall–Kier alpha value is -2.17. The molecule has 9 nitrogen and oxygen atoms in total. The van der Waals surface area contributed by atoms with E-state index >= 15 is 0 Å². The Balaban J connectivity index is 1.96. The molecule has 0 bridgehead atoms. The zero-order chi connectivity index (χ0) is 21.8. The van der Waals surface area contributed by atoms with Gasteiger partial charge in [-0.05, 0) is 30.5 Å². The fourth-order valence-electron chi connectivity index (χ4n) is 3.95. The molecule has 1 aliphatic heterocycles. The highest BCUT2D eigenvalue weighted by Crippen LogP contribution is 2.39. The van der Waals surface area contributed by atoms with Gasteiger partial charge in [0.1, 0.15) is 17.9 Å². The van der Waals surface area contributed by atoms with E-state index in [1.54, 1.807) is 7.11 Å². The lowest BCUT2D eigenvalue weighted by Crippen LogP contribution is -2.63. The van der Waals surface area contributed by atoms with Crippen molar-refractivity contribution >= 4 is 5.82 Å². The van der Waals surface area contributed by atoms with E-state index in [2.05, 4.69) is 41.7 Å². The Morgan fingerprint density at radius 1 is 1.13 bits per heavy atom.